The molecular formula is C15H18N4O3. The van der Waals surface area contributed by atoms with Gasteiger partial charge in [-0.25, -0.2) is 0 Å². The molecule has 0 fully saturated rings. The summed E-state index contributed by atoms with van der Waals surface area (Å²) >= 11 is 0. The standard InChI is InChI=1S/C15H18N4O3/c20-14(11-19-10-4-7-18-19)16-8-9-17-15(21)12-22-13-5-2-1-3-6-13/h1-7,10H,8-9,11-12H2,(H,16,20)(H,17,21). The smallest absolute Gasteiger partial charge is 0.258 e. The molecule has 1 aromatic heterocycles. The molecule has 0 atom stereocenters. The number of nitrogens with zero attached hydrogens (tertiary/aromatic N) is 2. The van der Waals surface area contributed by atoms with Gasteiger partial charge in [-0.3, -0.25) is 14.3 Å². The molecule has 0 saturated heterocycles. The molecule has 0 aliphatic rings. The molecule has 2 N–H and O–H groups in total. The minimum atomic E-state index is -0.231. The molecule has 0 aliphatic heterocycles. The Morgan fingerprint density at radius 2 is 1.77 bits per heavy atom. The van der Waals surface area contributed by atoms with Gasteiger partial charge in [-0.2, -0.15) is 5.10 Å². The van der Waals surface area contributed by atoms with Crippen molar-refractivity contribution < 1.29 is 14.3 Å². The van der Waals surface area contributed by atoms with Gasteiger partial charge in [0, 0.05) is 25.5 Å². The molecule has 1 heterocycles. The van der Waals surface area contributed by atoms with Crippen molar-refractivity contribution in [3.05, 3.63) is 48.8 Å². The first kappa shape index (κ1) is 15.6. The summed E-state index contributed by atoms with van der Waals surface area (Å²) in [7, 11) is 0. The Morgan fingerprint density at radius 1 is 1.05 bits per heavy atom. The first-order valence-corrected chi connectivity index (χ1v) is 6.93. The summed E-state index contributed by atoms with van der Waals surface area (Å²) < 4.78 is 6.83. The zero-order chi connectivity index (χ0) is 15.6. The molecular weight excluding hydrogens is 284 g/mol. The van der Waals surface area contributed by atoms with E-state index >= 15 is 0 Å². The highest BCUT2D eigenvalue weighted by molar-refractivity contribution is 5.78. The van der Waals surface area contributed by atoms with Gasteiger partial charge in [0.2, 0.25) is 5.91 Å². The van der Waals surface area contributed by atoms with E-state index in [-0.39, 0.29) is 25.0 Å². The summed E-state index contributed by atoms with van der Waals surface area (Å²) in [4.78, 5) is 23.1. The zero-order valence-corrected chi connectivity index (χ0v) is 12.1. The van der Waals surface area contributed by atoms with Crippen LogP contribution < -0.4 is 15.4 Å². The first-order valence-electron chi connectivity index (χ1n) is 6.93. The molecule has 7 nitrogen and oxygen atoms in total. The number of aromatic nitrogens is 2. The SMILES string of the molecule is O=C(COc1ccccc1)NCCNC(=O)Cn1cccn1. The number of nitrogens with one attached hydrogen (secondary N) is 2. The fourth-order valence-corrected chi connectivity index (χ4v) is 1.72. The van der Waals surface area contributed by atoms with E-state index in [1.54, 1.807) is 30.6 Å². The monoisotopic (exact) mass is 302 g/mol. The van der Waals surface area contributed by atoms with Crippen molar-refractivity contribution in [2.75, 3.05) is 19.7 Å². The molecule has 0 bridgehead atoms. The van der Waals surface area contributed by atoms with Crippen LogP contribution in [0.15, 0.2) is 48.8 Å². The average Bonchev–Trinajstić information content (AvgIpc) is 3.03. The average molecular weight is 302 g/mol. The number of hydrogen-bond acceptors (Lipinski definition) is 4. The molecule has 1 aromatic carbocycles. The van der Waals surface area contributed by atoms with Crippen LogP contribution in [0.5, 0.6) is 5.75 Å². The van der Waals surface area contributed by atoms with E-state index in [4.69, 9.17) is 4.74 Å². The maximum absolute atomic E-state index is 11.6. The van der Waals surface area contributed by atoms with Gasteiger partial charge in [-0.05, 0) is 18.2 Å². The maximum Gasteiger partial charge on any atom is 0.258 e. The van der Waals surface area contributed by atoms with E-state index in [1.165, 1.54) is 4.68 Å². The molecule has 2 amide bonds. The Kier molecular flexibility index (Phi) is 5.98. The quantitative estimate of drug-likeness (QED) is 0.682. The number of rotatable bonds is 8. The summed E-state index contributed by atoms with van der Waals surface area (Å²) in [5, 5.41) is 9.30. The molecule has 116 valence electrons. The summed E-state index contributed by atoms with van der Waals surface area (Å²) in [6, 6.07) is 10.9. The number of carbonyl (C=O) groups is 2. The fraction of sp³-hybridized carbons (Fsp3) is 0.267. The highest BCUT2D eigenvalue weighted by Crippen LogP contribution is 2.07. The number of hydrogen-bond donors (Lipinski definition) is 2. The third-order valence-electron chi connectivity index (χ3n) is 2.75. The van der Waals surface area contributed by atoms with E-state index in [0.29, 0.717) is 18.8 Å². The lowest BCUT2D eigenvalue weighted by atomic mass is 10.3. The fourth-order valence-electron chi connectivity index (χ4n) is 1.72. The van der Waals surface area contributed by atoms with Gasteiger partial charge in [0.1, 0.15) is 12.3 Å². The number of para-hydroxylation sites is 1. The lowest BCUT2D eigenvalue weighted by Gasteiger charge is -2.08. The Bertz CT molecular complexity index is 584. The van der Waals surface area contributed by atoms with E-state index in [9.17, 15) is 9.59 Å². The minimum absolute atomic E-state index is 0.0504. The van der Waals surface area contributed by atoms with Crippen molar-refractivity contribution in [2.24, 2.45) is 0 Å². The van der Waals surface area contributed by atoms with E-state index in [1.807, 2.05) is 18.2 Å². The third-order valence-corrected chi connectivity index (χ3v) is 2.75. The lowest BCUT2D eigenvalue weighted by Crippen LogP contribution is -2.37. The molecule has 0 spiro atoms. The molecule has 0 radical (unpaired) electrons. The van der Waals surface area contributed by atoms with Crippen molar-refractivity contribution in [2.45, 2.75) is 6.54 Å². The van der Waals surface area contributed by atoms with Crippen LogP contribution in [0.25, 0.3) is 0 Å². The van der Waals surface area contributed by atoms with Crippen LogP contribution in [0.4, 0.5) is 0 Å². The molecule has 7 heteroatoms. The van der Waals surface area contributed by atoms with Crippen molar-refractivity contribution in [1.82, 2.24) is 20.4 Å². The Hall–Kier alpha value is -2.83. The topological polar surface area (TPSA) is 85.3 Å². The number of ether oxygens (including phenoxy) is 1. The van der Waals surface area contributed by atoms with E-state index < -0.39 is 0 Å². The molecule has 0 saturated carbocycles. The predicted molar refractivity (Wildman–Crippen MR) is 80.2 cm³/mol. The molecule has 2 aromatic rings. The van der Waals surface area contributed by atoms with E-state index in [0.717, 1.165) is 0 Å². The summed E-state index contributed by atoms with van der Waals surface area (Å²) in [5.74, 6) is 0.258. The van der Waals surface area contributed by atoms with Gasteiger partial charge >= 0.3 is 0 Å². The highest BCUT2D eigenvalue weighted by Gasteiger charge is 2.04. The van der Waals surface area contributed by atoms with Gasteiger partial charge in [-0.1, -0.05) is 18.2 Å². The predicted octanol–water partition coefficient (Wildman–Crippen LogP) is 0.194. The molecule has 22 heavy (non-hydrogen) atoms. The zero-order valence-electron chi connectivity index (χ0n) is 12.1. The van der Waals surface area contributed by atoms with Crippen LogP contribution in [0.3, 0.4) is 0 Å². The van der Waals surface area contributed by atoms with Gasteiger partial charge in [0.25, 0.3) is 5.91 Å². The summed E-state index contributed by atoms with van der Waals surface area (Å²) in [6.45, 7) is 0.822. The summed E-state index contributed by atoms with van der Waals surface area (Å²) in [6.07, 6.45) is 3.32. The molecule has 0 unspecified atom stereocenters. The molecule has 0 aliphatic carbocycles. The Morgan fingerprint density at radius 3 is 2.45 bits per heavy atom. The minimum Gasteiger partial charge on any atom is -0.484 e. The summed E-state index contributed by atoms with van der Waals surface area (Å²) in [5.41, 5.74) is 0. The largest absolute Gasteiger partial charge is 0.484 e. The van der Waals surface area contributed by atoms with Crippen molar-refractivity contribution in [1.29, 1.82) is 0 Å². The van der Waals surface area contributed by atoms with Crippen LogP contribution in [0.1, 0.15) is 0 Å². The van der Waals surface area contributed by atoms with Gasteiger partial charge < -0.3 is 15.4 Å². The van der Waals surface area contributed by atoms with E-state index in [2.05, 4.69) is 15.7 Å². The third kappa shape index (κ3) is 5.66. The highest BCUT2D eigenvalue weighted by atomic mass is 16.5. The van der Waals surface area contributed by atoms with Gasteiger partial charge in [0.15, 0.2) is 6.61 Å². The first-order chi connectivity index (χ1) is 10.7. The number of benzene rings is 1. The van der Waals surface area contributed by atoms with Gasteiger partial charge in [-0.15, -0.1) is 0 Å². The van der Waals surface area contributed by atoms with Crippen LogP contribution in [-0.2, 0) is 16.1 Å². The van der Waals surface area contributed by atoms with Crippen molar-refractivity contribution in [3.63, 3.8) is 0 Å². The van der Waals surface area contributed by atoms with Crippen molar-refractivity contribution >= 4 is 11.8 Å². The second kappa shape index (κ2) is 8.46. The molecule has 2 rings (SSSR count). The normalized spacial score (nSPS) is 10.0. The second-order valence-electron chi connectivity index (χ2n) is 4.51. The maximum atomic E-state index is 11.6. The van der Waals surface area contributed by atoms with Crippen LogP contribution in [0, 0.1) is 0 Å². The van der Waals surface area contributed by atoms with Gasteiger partial charge in [0.05, 0.1) is 0 Å². The lowest BCUT2D eigenvalue weighted by molar-refractivity contribution is -0.124. The van der Waals surface area contributed by atoms with Crippen molar-refractivity contribution in [3.8, 4) is 5.75 Å². The number of carbonyl (C=O) groups excluding carboxylic acids is 2. The van der Waals surface area contributed by atoms with Crippen LogP contribution in [0.2, 0.25) is 0 Å². The Labute approximate surface area is 128 Å². The Balaban J connectivity index is 1.54. The second-order valence-corrected chi connectivity index (χ2v) is 4.51. The number of amides is 2. The van der Waals surface area contributed by atoms with Crippen LogP contribution >= 0.6 is 0 Å². The van der Waals surface area contributed by atoms with Crippen LogP contribution in [-0.4, -0.2) is 41.3 Å².